The van der Waals surface area contributed by atoms with Gasteiger partial charge in [0.05, 0.1) is 5.02 Å². The van der Waals surface area contributed by atoms with Gasteiger partial charge in [0.1, 0.15) is 5.75 Å². The van der Waals surface area contributed by atoms with Crippen molar-refractivity contribution in [3.05, 3.63) is 64.7 Å². The quantitative estimate of drug-likeness (QED) is 0.808. The maximum absolute atomic E-state index is 12.6. The van der Waals surface area contributed by atoms with Crippen LogP contribution in [0.1, 0.15) is 15.9 Å². The molecule has 2 rings (SSSR count). The number of rotatable bonds is 5. The standard InChI is InChI=1S/C16H15BrClNO2/c17-8-9-19(11-12-4-2-1-3-5-12)16(21)13-6-7-15(20)14(18)10-13/h1-7,10,20H,8-9,11H2. The van der Waals surface area contributed by atoms with Crippen LogP contribution >= 0.6 is 27.5 Å². The minimum Gasteiger partial charge on any atom is -0.506 e. The number of halogens is 2. The lowest BCUT2D eigenvalue weighted by Gasteiger charge is -2.22. The molecule has 1 amide bonds. The molecule has 0 spiro atoms. The Morgan fingerprint density at radius 3 is 2.52 bits per heavy atom. The van der Waals surface area contributed by atoms with E-state index in [1.807, 2.05) is 30.3 Å². The molecule has 0 bridgehead atoms. The summed E-state index contributed by atoms with van der Waals surface area (Å²) in [5.74, 6) is -0.136. The highest BCUT2D eigenvalue weighted by molar-refractivity contribution is 9.09. The summed E-state index contributed by atoms with van der Waals surface area (Å²) in [4.78, 5) is 14.3. The van der Waals surface area contributed by atoms with E-state index < -0.39 is 0 Å². The number of phenols is 1. The zero-order chi connectivity index (χ0) is 15.2. The van der Waals surface area contributed by atoms with Gasteiger partial charge in [-0.3, -0.25) is 4.79 Å². The van der Waals surface area contributed by atoms with E-state index in [0.717, 1.165) is 5.56 Å². The predicted octanol–water partition coefficient (Wildman–Crippen LogP) is 4.08. The fraction of sp³-hybridized carbons (Fsp3) is 0.188. The van der Waals surface area contributed by atoms with E-state index in [2.05, 4.69) is 15.9 Å². The van der Waals surface area contributed by atoms with Crippen molar-refractivity contribution < 1.29 is 9.90 Å². The molecule has 1 N–H and O–H groups in total. The molecule has 3 nitrogen and oxygen atoms in total. The number of phenolic OH excluding ortho intramolecular Hbond substituents is 1. The molecule has 110 valence electrons. The van der Waals surface area contributed by atoms with Gasteiger partial charge in [-0.1, -0.05) is 57.9 Å². The van der Waals surface area contributed by atoms with E-state index in [0.29, 0.717) is 24.0 Å². The molecule has 0 heterocycles. The van der Waals surface area contributed by atoms with Gasteiger partial charge in [0.25, 0.3) is 5.91 Å². The van der Waals surface area contributed by atoms with Crippen molar-refractivity contribution in [1.29, 1.82) is 0 Å². The summed E-state index contributed by atoms with van der Waals surface area (Å²) in [5.41, 5.74) is 1.53. The van der Waals surface area contributed by atoms with Crippen LogP contribution < -0.4 is 0 Å². The first-order chi connectivity index (χ1) is 10.1. The summed E-state index contributed by atoms with van der Waals surface area (Å²) in [6.07, 6.45) is 0. The monoisotopic (exact) mass is 367 g/mol. The number of nitrogens with zero attached hydrogens (tertiary/aromatic N) is 1. The Hall–Kier alpha value is -1.52. The lowest BCUT2D eigenvalue weighted by molar-refractivity contribution is 0.0754. The highest BCUT2D eigenvalue weighted by Gasteiger charge is 2.16. The Labute approximate surface area is 137 Å². The first-order valence-electron chi connectivity index (χ1n) is 6.49. The highest BCUT2D eigenvalue weighted by Crippen LogP contribution is 2.24. The van der Waals surface area contributed by atoms with Crippen LogP contribution in [0.25, 0.3) is 0 Å². The Bertz CT molecular complexity index is 619. The van der Waals surface area contributed by atoms with Gasteiger partial charge >= 0.3 is 0 Å². The number of carbonyl (C=O) groups excluding carboxylic acids is 1. The fourth-order valence-corrected chi connectivity index (χ4v) is 2.59. The van der Waals surface area contributed by atoms with E-state index in [1.54, 1.807) is 11.0 Å². The third-order valence-electron chi connectivity index (χ3n) is 3.05. The lowest BCUT2D eigenvalue weighted by Crippen LogP contribution is -2.32. The smallest absolute Gasteiger partial charge is 0.254 e. The lowest BCUT2D eigenvalue weighted by atomic mass is 10.1. The molecule has 0 unspecified atom stereocenters. The molecule has 2 aromatic carbocycles. The van der Waals surface area contributed by atoms with E-state index in [4.69, 9.17) is 11.6 Å². The van der Waals surface area contributed by atoms with E-state index in [9.17, 15) is 9.90 Å². The van der Waals surface area contributed by atoms with E-state index in [1.165, 1.54) is 12.1 Å². The molecule has 0 saturated heterocycles. The second kappa shape index (κ2) is 7.48. The van der Waals surface area contributed by atoms with Gasteiger partial charge in [0.15, 0.2) is 0 Å². The summed E-state index contributed by atoms with van der Waals surface area (Å²) in [6.45, 7) is 1.12. The molecule has 0 radical (unpaired) electrons. The van der Waals surface area contributed by atoms with Gasteiger partial charge in [-0.05, 0) is 23.8 Å². The first-order valence-corrected chi connectivity index (χ1v) is 7.99. The number of hydrogen-bond acceptors (Lipinski definition) is 2. The maximum Gasteiger partial charge on any atom is 0.254 e. The average Bonchev–Trinajstić information content (AvgIpc) is 2.50. The molecule has 0 aliphatic heterocycles. The van der Waals surface area contributed by atoms with Crippen LogP contribution in [0.4, 0.5) is 0 Å². The van der Waals surface area contributed by atoms with E-state index in [-0.39, 0.29) is 16.7 Å². The molecule has 21 heavy (non-hydrogen) atoms. The van der Waals surface area contributed by atoms with Gasteiger partial charge in [0, 0.05) is 24.0 Å². The number of hydrogen-bond donors (Lipinski definition) is 1. The summed E-state index contributed by atoms with van der Waals surface area (Å²) in [6, 6.07) is 14.3. The number of benzene rings is 2. The zero-order valence-corrected chi connectivity index (χ0v) is 13.6. The predicted molar refractivity (Wildman–Crippen MR) is 88.1 cm³/mol. The van der Waals surface area contributed by atoms with Crippen LogP contribution in [0.5, 0.6) is 5.75 Å². The Morgan fingerprint density at radius 2 is 1.90 bits per heavy atom. The summed E-state index contributed by atoms with van der Waals surface area (Å²) in [5, 5.41) is 10.3. The summed E-state index contributed by atoms with van der Waals surface area (Å²) >= 11 is 9.24. The minimum absolute atomic E-state index is 0.0247. The fourth-order valence-electron chi connectivity index (χ4n) is 1.98. The third kappa shape index (κ3) is 4.22. The van der Waals surface area contributed by atoms with Gasteiger partial charge in [-0.15, -0.1) is 0 Å². The molecule has 0 fully saturated rings. The Morgan fingerprint density at radius 1 is 1.19 bits per heavy atom. The van der Waals surface area contributed by atoms with Crippen LogP contribution in [0.2, 0.25) is 5.02 Å². The van der Waals surface area contributed by atoms with Crippen LogP contribution in [0, 0.1) is 0 Å². The van der Waals surface area contributed by atoms with Crippen LogP contribution in [0.15, 0.2) is 48.5 Å². The van der Waals surface area contributed by atoms with Gasteiger partial charge in [-0.25, -0.2) is 0 Å². The summed E-state index contributed by atoms with van der Waals surface area (Å²) < 4.78 is 0. The number of alkyl halides is 1. The second-order valence-corrected chi connectivity index (χ2v) is 5.77. The Balaban J connectivity index is 2.20. The molecular formula is C16H15BrClNO2. The molecule has 0 aromatic heterocycles. The molecule has 0 aliphatic rings. The largest absolute Gasteiger partial charge is 0.506 e. The first kappa shape index (κ1) is 15.9. The molecule has 0 saturated carbocycles. The van der Waals surface area contributed by atoms with Gasteiger partial charge in [0.2, 0.25) is 0 Å². The van der Waals surface area contributed by atoms with Crippen molar-refractivity contribution in [1.82, 2.24) is 4.90 Å². The molecular weight excluding hydrogens is 354 g/mol. The average molecular weight is 369 g/mol. The normalized spacial score (nSPS) is 10.4. The van der Waals surface area contributed by atoms with E-state index >= 15 is 0 Å². The number of amides is 1. The van der Waals surface area contributed by atoms with Gasteiger partial charge < -0.3 is 10.0 Å². The van der Waals surface area contributed by atoms with Crippen molar-refractivity contribution >= 4 is 33.4 Å². The number of aromatic hydroxyl groups is 1. The molecule has 0 aliphatic carbocycles. The SMILES string of the molecule is O=C(c1ccc(O)c(Cl)c1)N(CCBr)Cc1ccccc1. The van der Waals surface area contributed by atoms with Crippen molar-refractivity contribution in [2.24, 2.45) is 0 Å². The van der Waals surface area contributed by atoms with Crippen molar-refractivity contribution in [3.8, 4) is 5.75 Å². The molecule has 5 heteroatoms. The van der Waals surface area contributed by atoms with Crippen molar-refractivity contribution in [2.75, 3.05) is 11.9 Å². The van der Waals surface area contributed by atoms with Crippen LogP contribution in [-0.2, 0) is 6.54 Å². The van der Waals surface area contributed by atoms with Crippen molar-refractivity contribution in [2.45, 2.75) is 6.54 Å². The minimum atomic E-state index is -0.111. The van der Waals surface area contributed by atoms with Crippen LogP contribution in [0.3, 0.4) is 0 Å². The third-order valence-corrected chi connectivity index (χ3v) is 3.71. The topological polar surface area (TPSA) is 40.5 Å². The van der Waals surface area contributed by atoms with Gasteiger partial charge in [-0.2, -0.15) is 0 Å². The molecule has 0 atom stereocenters. The maximum atomic E-state index is 12.6. The second-order valence-electron chi connectivity index (χ2n) is 4.57. The summed E-state index contributed by atoms with van der Waals surface area (Å²) in [7, 11) is 0. The molecule has 2 aromatic rings. The Kier molecular flexibility index (Phi) is 5.65. The van der Waals surface area contributed by atoms with Crippen LogP contribution in [-0.4, -0.2) is 27.8 Å². The zero-order valence-electron chi connectivity index (χ0n) is 11.3. The highest BCUT2D eigenvalue weighted by atomic mass is 79.9. The van der Waals surface area contributed by atoms with Crippen molar-refractivity contribution in [3.63, 3.8) is 0 Å². The number of carbonyl (C=O) groups is 1.